The van der Waals surface area contributed by atoms with Crippen LogP contribution in [-0.2, 0) is 14.8 Å². The number of hydrogen-bond donors (Lipinski definition) is 0. The van der Waals surface area contributed by atoms with Gasteiger partial charge in [0, 0.05) is 17.4 Å². The van der Waals surface area contributed by atoms with E-state index in [1.807, 2.05) is 32.9 Å². The lowest BCUT2D eigenvalue weighted by atomic mass is 10.00. The molecule has 4 rings (SSSR count). The summed E-state index contributed by atoms with van der Waals surface area (Å²) >= 11 is 0. The molecule has 0 aliphatic heterocycles. The molecule has 6 nitrogen and oxygen atoms in total. The number of rotatable bonds is 6. The lowest BCUT2D eigenvalue weighted by Gasteiger charge is -2.14. The van der Waals surface area contributed by atoms with Gasteiger partial charge in [-0.15, -0.1) is 0 Å². The number of ether oxygens (including phenoxy) is 1. The third-order valence-electron chi connectivity index (χ3n) is 5.63. The van der Waals surface area contributed by atoms with Gasteiger partial charge < -0.3 is 4.74 Å². The first-order valence-corrected chi connectivity index (χ1v) is 11.6. The van der Waals surface area contributed by atoms with Crippen LogP contribution in [0.1, 0.15) is 47.1 Å². The predicted molar refractivity (Wildman–Crippen MR) is 121 cm³/mol. The average molecular weight is 437 g/mol. The Labute approximate surface area is 181 Å². The average Bonchev–Trinajstić information content (AvgIpc) is 3.10. The van der Waals surface area contributed by atoms with Gasteiger partial charge in [-0.05, 0) is 57.0 Å². The van der Waals surface area contributed by atoms with Crippen LogP contribution in [0.3, 0.4) is 0 Å². The minimum Gasteiger partial charge on any atom is -0.374 e. The summed E-state index contributed by atoms with van der Waals surface area (Å²) in [6, 6.07) is 12.3. The minimum absolute atomic E-state index is 0.192. The van der Waals surface area contributed by atoms with Crippen molar-refractivity contribution in [3.05, 3.63) is 71.0 Å². The van der Waals surface area contributed by atoms with Crippen molar-refractivity contribution in [3.63, 3.8) is 0 Å². The van der Waals surface area contributed by atoms with Gasteiger partial charge in [-0.2, -0.15) is 0 Å². The molecule has 0 saturated heterocycles. The van der Waals surface area contributed by atoms with Crippen molar-refractivity contribution in [2.45, 2.75) is 38.7 Å². The normalized spacial score (nSPS) is 13.0. The van der Waals surface area contributed by atoms with Gasteiger partial charge >= 0.3 is 0 Å². The van der Waals surface area contributed by atoms with E-state index in [2.05, 4.69) is 4.98 Å². The lowest BCUT2D eigenvalue weighted by Crippen LogP contribution is -2.13. The monoisotopic (exact) mass is 436 g/mol. The maximum atomic E-state index is 13.7. The molecule has 0 aliphatic rings. The molecule has 0 fully saturated rings. The van der Waals surface area contributed by atoms with Gasteiger partial charge in [0.25, 0.3) is 10.0 Å². The van der Waals surface area contributed by atoms with Crippen molar-refractivity contribution in [2.75, 3.05) is 6.61 Å². The van der Waals surface area contributed by atoms with Crippen molar-refractivity contribution < 1.29 is 17.9 Å². The molecule has 1 atom stereocenters. The number of benzene rings is 2. The first-order chi connectivity index (χ1) is 14.8. The third-order valence-corrected chi connectivity index (χ3v) is 7.37. The Kier molecular flexibility index (Phi) is 5.41. The van der Waals surface area contributed by atoms with Gasteiger partial charge in [0.2, 0.25) is 0 Å². The summed E-state index contributed by atoms with van der Waals surface area (Å²) < 4.78 is 34.6. The molecule has 0 saturated carbocycles. The lowest BCUT2D eigenvalue weighted by molar-refractivity contribution is 0.0774. The fraction of sp³-hybridized carbons (Fsp3) is 0.250. The smallest absolute Gasteiger partial charge is 0.268 e. The molecule has 1 unspecified atom stereocenters. The number of fused-ring (bicyclic) bond motifs is 3. The second-order valence-electron chi connectivity index (χ2n) is 7.57. The second kappa shape index (κ2) is 7.90. The molecule has 0 radical (unpaired) electrons. The SMILES string of the molecule is CCOC(C)c1cccc2c1c1c(C)c(C=O)ncc1n2S(=O)(=O)c1ccc(C)cc1. The van der Waals surface area contributed by atoms with E-state index in [-0.39, 0.29) is 16.7 Å². The standard InChI is InChI=1S/C24H24N2O4S/c1-5-30-17(4)19-7-6-8-21-24(19)23-16(3)20(14-27)25-13-22(23)26(21)31(28,29)18-11-9-15(2)10-12-18/h6-14,17H,5H2,1-4H3. The fourth-order valence-corrected chi connectivity index (χ4v) is 5.58. The number of carbonyl (C=O) groups is 1. The molecule has 2 aromatic heterocycles. The molecule has 0 bridgehead atoms. The minimum atomic E-state index is -3.91. The van der Waals surface area contributed by atoms with E-state index in [1.165, 1.54) is 10.2 Å². The Bertz CT molecular complexity index is 1400. The summed E-state index contributed by atoms with van der Waals surface area (Å²) in [4.78, 5) is 16.0. The molecule has 160 valence electrons. The van der Waals surface area contributed by atoms with Gasteiger partial charge in [-0.3, -0.25) is 9.78 Å². The van der Waals surface area contributed by atoms with E-state index >= 15 is 0 Å². The van der Waals surface area contributed by atoms with E-state index in [0.717, 1.165) is 16.5 Å². The highest BCUT2D eigenvalue weighted by Crippen LogP contribution is 2.39. The molecule has 31 heavy (non-hydrogen) atoms. The highest BCUT2D eigenvalue weighted by atomic mass is 32.2. The van der Waals surface area contributed by atoms with E-state index in [0.29, 0.717) is 34.9 Å². The Balaban J connectivity index is 2.18. The molecule has 0 spiro atoms. The first-order valence-electron chi connectivity index (χ1n) is 10.1. The van der Waals surface area contributed by atoms with Crippen LogP contribution < -0.4 is 0 Å². The summed E-state index contributed by atoms with van der Waals surface area (Å²) in [5, 5.41) is 1.46. The van der Waals surface area contributed by atoms with Gasteiger partial charge in [0.15, 0.2) is 6.29 Å². The van der Waals surface area contributed by atoms with Crippen LogP contribution in [-0.4, -0.2) is 30.3 Å². The molecule has 0 N–H and O–H groups in total. The van der Waals surface area contributed by atoms with Crippen molar-refractivity contribution in [3.8, 4) is 0 Å². The van der Waals surface area contributed by atoms with Crippen molar-refractivity contribution in [1.29, 1.82) is 0 Å². The van der Waals surface area contributed by atoms with Gasteiger partial charge in [-0.1, -0.05) is 29.8 Å². The number of hydrogen-bond acceptors (Lipinski definition) is 5. The molecule has 7 heteroatoms. The number of aromatic nitrogens is 2. The Morgan fingerprint density at radius 1 is 1.06 bits per heavy atom. The summed E-state index contributed by atoms with van der Waals surface area (Å²) in [6.07, 6.45) is 1.91. The maximum Gasteiger partial charge on any atom is 0.268 e. The Morgan fingerprint density at radius 3 is 2.42 bits per heavy atom. The number of nitrogens with zero attached hydrogens (tertiary/aromatic N) is 2. The summed E-state index contributed by atoms with van der Waals surface area (Å²) in [7, 11) is -3.91. The van der Waals surface area contributed by atoms with E-state index < -0.39 is 10.0 Å². The van der Waals surface area contributed by atoms with Crippen LogP contribution in [0.2, 0.25) is 0 Å². The zero-order valence-corrected chi connectivity index (χ0v) is 18.7. The Morgan fingerprint density at radius 2 is 1.77 bits per heavy atom. The zero-order valence-electron chi connectivity index (χ0n) is 17.9. The van der Waals surface area contributed by atoms with E-state index in [1.54, 1.807) is 37.3 Å². The van der Waals surface area contributed by atoms with E-state index in [9.17, 15) is 13.2 Å². The number of pyridine rings is 1. The molecule has 0 aliphatic carbocycles. The van der Waals surface area contributed by atoms with Crippen LogP contribution in [0, 0.1) is 13.8 Å². The first kappa shape index (κ1) is 21.2. The van der Waals surface area contributed by atoms with Crippen molar-refractivity contribution in [1.82, 2.24) is 8.96 Å². The maximum absolute atomic E-state index is 13.7. The Hall–Kier alpha value is -3.03. The highest BCUT2D eigenvalue weighted by molar-refractivity contribution is 7.90. The molecular formula is C24H24N2O4S. The largest absolute Gasteiger partial charge is 0.374 e. The van der Waals surface area contributed by atoms with E-state index in [4.69, 9.17) is 4.74 Å². The van der Waals surface area contributed by atoms with Crippen LogP contribution in [0.5, 0.6) is 0 Å². The molecule has 2 aromatic carbocycles. The van der Waals surface area contributed by atoms with Crippen LogP contribution in [0.25, 0.3) is 21.8 Å². The van der Waals surface area contributed by atoms with Crippen LogP contribution >= 0.6 is 0 Å². The van der Waals surface area contributed by atoms with Gasteiger partial charge in [0.05, 0.1) is 28.2 Å². The molecule has 4 aromatic rings. The molecule has 2 heterocycles. The number of carbonyl (C=O) groups excluding carboxylic acids is 1. The molecular weight excluding hydrogens is 412 g/mol. The van der Waals surface area contributed by atoms with Crippen molar-refractivity contribution in [2.24, 2.45) is 0 Å². The summed E-state index contributed by atoms with van der Waals surface area (Å²) in [6.45, 7) is 8.09. The highest BCUT2D eigenvalue weighted by Gasteiger charge is 2.27. The van der Waals surface area contributed by atoms with Crippen LogP contribution in [0.15, 0.2) is 53.6 Å². The van der Waals surface area contributed by atoms with Crippen molar-refractivity contribution >= 4 is 38.1 Å². The van der Waals surface area contributed by atoms with Gasteiger partial charge in [-0.25, -0.2) is 12.4 Å². The third kappa shape index (κ3) is 3.34. The number of aryl methyl sites for hydroxylation is 2. The number of aldehydes is 1. The topological polar surface area (TPSA) is 78.3 Å². The fourth-order valence-electron chi connectivity index (χ4n) is 4.08. The predicted octanol–water partition coefficient (Wildman–Crippen LogP) is 4.95. The summed E-state index contributed by atoms with van der Waals surface area (Å²) in [5.74, 6) is 0. The van der Waals surface area contributed by atoms with Crippen LogP contribution in [0.4, 0.5) is 0 Å². The summed E-state index contributed by atoms with van der Waals surface area (Å²) in [5.41, 5.74) is 3.75. The van der Waals surface area contributed by atoms with Gasteiger partial charge in [0.1, 0.15) is 5.69 Å². The quantitative estimate of drug-likeness (QED) is 0.400. The molecule has 0 amide bonds. The zero-order chi connectivity index (χ0) is 22.3. The second-order valence-corrected chi connectivity index (χ2v) is 9.35.